The summed E-state index contributed by atoms with van der Waals surface area (Å²) in [5.74, 6) is 0.0784. The Morgan fingerprint density at radius 1 is 1.46 bits per heavy atom. The number of carbonyl (C=O) groups is 2. The van der Waals surface area contributed by atoms with Crippen LogP contribution in [0.5, 0.6) is 0 Å². The predicted octanol–water partition coefficient (Wildman–Crippen LogP) is 2.85. The van der Waals surface area contributed by atoms with Gasteiger partial charge in [0, 0.05) is 30.9 Å². The van der Waals surface area contributed by atoms with Crippen LogP contribution in [0.4, 0.5) is 9.80 Å². The minimum Gasteiger partial charge on any atom is -0.465 e. The van der Waals surface area contributed by atoms with Crippen molar-refractivity contribution in [3.05, 3.63) is 35.7 Å². The van der Waals surface area contributed by atoms with Crippen molar-refractivity contribution in [2.75, 3.05) is 25.5 Å². The number of amides is 2. The van der Waals surface area contributed by atoms with Gasteiger partial charge in [-0.25, -0.2) is 14.6 Å². The summed E-state index contributed by atoms with van der Waals surface area (Å²) in [7, 11) is 1.34. The highest BCUT2D eigenvalue weighted by molar-refractivity contribution is 7.14. The molecule has 0 saturated carbocycles. The summed E-state index contributed by atoms with van der Waals surface area (Å²) in [6.45, 7) is 3.55. The van der Waals surface area contributed by atoms with Crippen molar-refractivity contribution in [3.8, 4) is 0 Å². The number of hydrogen-bond donors (Lipinski definition) is 1. The summed E-state index contributed by atoms with van der Waals surface area (Å²) in [6, 6.07) is 1.71. The molecule has 0 unspecified atom stereocenters. The third kappa shape index (κ3) is 3.43. The number of piperidine rings is 1. The number of rotatable bonds is 3. The molecular weight excluding hydrogens is 328 g/mol. The molecule has 1 saturated heterocycles. The molecule has 24 heavy (non-hydrogen) atoms. The molecule has 0 aromatic carbocycles. The number of nitrogens with zero attached hydrogens (tertiary/aromatic N) is 3. The topological polar surface area (TPSA) is 76.5 Å². The van der Waals surface area contributed by atoms with Gasteiger partial charge in [-0.3, -0.25) is 5.32 Å². The number of ether oxygens (including phenoxy) is 1. The fourth-order valence-corrected chi connectivity index (χ4v) is 3.66. The van der Waals surface area contributed by atoms with Crippen LogP contribution < -0.4 is 5.32 Å². The van der Waals surface area contributed by atoms with Gasteiger partial charge in [0.15, 0.2) is 0 Å². The zero-order valence-electron chi connectivity index (χ0n) is 13.6. The quantitative estimate of drug-likeness (QED) is 0.866. The third-order valence-corrected chi connectivity index (χ3v) is 5.21. The van der Waals surface area contributed by atoms with E-state index in [0.29, 0.717) is 29.6 Å². The zero-order valence-corrected chi connectivity index (χ0v) is 14.5. The van der Waals surface area contributed by atoms with Crippen molar-refractivity contribution in [2.45, 2.75) is 19.4 Å². The molecule has 1 fully saturated rings. The molecule has 2 amide bonds. The molecule has 1 N–H and O–H groups in total. The zero-order chi connectivity index (χ0) is 17.1. The van der Waals surface area contributed by atoms with Crippen molar-refractivity contribution < 1.29 is 14.3 Å². The summed E-state index contributed by atoms with van der Waals surface area (Å²) in [5, 5.41) is 5.18. The molecule has 7 nitrogen and oxygen atoms in total. The van der Waals surface area contributed by atoms with Crippen LogP contribution in [0.2, 0.25) is 0 Å². The first-order chi connectivity index (χ1) is 11.6. The van der Waals surface area contributed by atoms with Crippen LogP contribution >= 0.6 is 11.3 Å². The van der Waals surface area contributed by atoms with Crippen molar-refractivity contribution in [3.63, 3.8) is 0 Å². The lowest BCUT2D eigenvalue weighted by Crippen LogP contribution is -2.45. The van der Waals surface area contributed by atoms with E-state index in [0.717, 1.165) is 6.42 Å². The van der Waals surface area contributed by atoms with E-state index in [2.05, 4.69) is 26.5 Å². The van der Waals surface area contributed by atoms with Gasteiger partial charge in [-0.1, -0.05) is 6.92 Å². The molecule has 1 aliphatic heterocycles. The Balaban J connectivity index is 1.64. The molecule has 2 aromatic heterocycles. The number of likely N-dealkylation sites (tertiary alicyclic amines) is 1. The number of thiophene rings is 1. The van der Waals surface area contributed by atoms with Crippen molar-refractivity contribution in [2.24, 2.45) is 5.92 Å². The molecule has 8 heteroatoms. The molecule has 0 spiro atoms. The minimum atomic E-state index is -0.404. The predicted molar refractivity (Wildman–Crippen MR) is 91.3 cm³/mol. The molecule has 0 bridgehead atoms. The average molecular weight is 348 g/mol. The fourth-order valence-electron chi connectivity index (χ4n) is 2.90. The van der Waals surface area contributed by atoms with Gasteiger partial charge in [-0.2, -0.15) is 0 Å². The summed E-state index contributed by atoms with van der Waals surface area (Å²) >= 11 is 1.31. The van der Waals surface area contributed by atoms with E-state index in [1.807, 2.05) is 11.1 Å². The van der Waals surface area contributed by atoms with E-state index in [-0.39, 0.29) is 12.1 Å². The third-order valence-electron chi connectivity index (χ3n) is 4.36. The van der Waals surface area contributed by atoms with Crippen LogP contribution in [0.25, 0.3) is 0 Å². The first kappa shape index (κ1) is 16.5. The molecule has 1 aliphatic rings. The Morgan fingerprint density at radius 2 is 2.29 bits per heavy atom. The van der Waals surface area contributed by atoms with Gasteiger partial charge >= 0.3 is 12.0 Å². The monoisotopic (exact) mass is 348 g/mol. The lowest BCUT2D eigenvalue weighted by molar-refractivity contribution is 0.0601. The van der Waals surface area contributed by atoms with Gasteiger partial charge in [0.2, 0.25) is 0 Å². The van der Waals surface area contributed by atoms with Crippen LogP contribution in [0.15, 0.2) is 30.2 Å². The maximum Gasteiger partial charge on any atom is 0.338 e. The molecule has 0 radical (unpaired) electrons. The van der Waals surface area contributed by atoms with Crippen LogP contribution in [-0.4, -0.2) is 46.7 Å². The standard InChI is InChI=1S/C16H20N4O3S/c1-11-3-5-19(8-13(11)20-6-4-17-10-20)16(22)18-14-7-12(9-24-14)15(21)23-2/h4,6-7,9-11,13H,3,5,8H2,1-2H3,(H,18,22)/t11-,13-/m0/s1. The van der Waals surface area contributed by atoms with Gasteiger partial charge in [0.05, 0.1) is 30.0 Å². The second kappa shape index (κ2) is 7.04. The second-order valence-corrected chi connectivity index (χ2v) is 6.82. The van der Waals surface area contributed by atoms with Crippen LogP contribution in [0, 0.1) is 5.92 Å². The number of esters is 1. The Morgan fingerprint density at radius 3 is 3.00 bits per heavy atom. The number of methoxy groups -OCH3 is 1. The van der Waals surface area contributed by atoms with Gasteiger partial charge in [0.25, 0.3) is 0 Å². The van der Waals surface area contributed by atoms with Gasteiger partial charge in [-0.15, -0.1) is 11.3 Å². The fraction of sp³-hybridized carbons (Fsp3) is 0.438. The highest BCUT2D eigenvalue weighted by Gasteiger charge is 2.30. The number of imidazole rings is 1. The molecule has 3 rings (SSSR count). The first-order valence-corrected chi connectivity index (χ1v) is 8.66. The SMILES string of the molecule is COC(=O)c1csc(NC(=O)N2CC[C@H](C)[C@@H](n3ccnc3)C2)c1. The summed E-state index contributed by atoms with van der Waals surface area (Å²) < 4.78 is 6.73. The lowest BCUT2D eigenvalue weighted by Gasteiger charge is -2.37. The number of carbonyl (C=O) groups excluding carboxylic acids is 2. The molecule has 2 aromatic rings. The number of anilines is 1. The first-order valence-electron chi connectivity index (χ1n) is 7.78. The average Bonchev–Trinajstić information content (AvgIpc) is 3.26. The summed E-state index contributed by atoms with van der Waals surface area (Å²) in [4.78, 5) is 29.9. The molecular formula is C16H20N4O3S. The van der Waals surface area contributed by atoms with E-state index >= 15 is 0 Å². The smallest absolute Gasteiger partial charge is 0.338 e. The van der Waals surface area contributed by atoms with E-state index in [9.17, 15) is 9.59 Å². The van der Waals surface area contributed by atoms with Gasteiger partial charge < -0.3 is 14.2 Å². The van der Waals surface area contributed by atoms with Crippen molar-refractivity contribution in [1.29, 1.82) is 0 Å². The highest BCUT2D eigenvalue weighted by atomic mass is 32.1. The number of urea groups is 1. The highest BCUT2D eigenvalue weighted by Crippen LogP contribution is 2.28. The van der Waals surface area contributed by atoms with Crippen LogP contribution in [-0.2, 0) is 4.74 Å². The van der Waals surface area contributed by atoms with E-state index in [1.54, 1.807) is 24.0 Å². The Hall–Kier alpha value is -2.35. The van der Waals surface area contributed by atoms with Gasteiger partial charge in [-0.05, 0) is 18.4 Å². The number of hydrogen-bond acceptors (Lipinski definition) is 5. The molecule has 0 aliphatic carbocycles. The van der Waals surface area contributed by atoms with Gasteiger partial charge in [0.1, 0.15) is 0 Å². The maximum atomic E-state index is 12.5. The molecule has 128 valence electrons. The lowest BCUT2D eigenvalue weighted by atomic mass is 9.93. The summed E-state index contributed by atoms with van der Waals surface area (Å²) in [6.07, 6.45) is 6.43. The Bertz CT molecular complexity index is 713. The van der Waals surface area contributed by atoms with Crippen molar-refractivity contribution >= 4 is 28.3 Å². The largest absolute Gasteiger partial charge is 0.465 e. The second-order valence-electron chi connectivity index (χ2n) is 5.91. The Kier molecular flexibility index (Phi) is 4.84. The van der Waals surface area contributed by atoms with Crippen LogP contribution in [0.1, 0.15) is 29.7 Å². The summed E-state index contributed by atoms with van der Waals surface area (Å²) in [5.41, 5.74) is 0.446. The van der Waals surface area contributed by atoms with Crippen molar-refractivity contribution in [1.82, 2.24) is 14.5 Å². The van der Waals surface area contributed by atoms with E-state index in [1.165, 1.54) is 18.4 Å². The van der Waals surface area contributed by atoms with E-state index in [4.69, 9.17) is 0 Å². The molecule has 2 atom stereocenters. The van der Waals surface area contributed by atoms with E-state index < -0.39 is 5.97 Å². The number of aromatic nitrogens is 2. The maximum absolute atomic E-state index is 12.5. The molecule has 3 heterocycles. The minimum absolute atomic E-state index is 0.148. The number of nitrogens with one attached hydrogen (secondary N) is 1. The Labute approximate surface area is 144 Å². The normalized spacial score (nSPS) is 20.7. The van der Waals surface area contributed by atoms with Crippen LogP contribution in [0.3, 0.4) is 0 Å².